The van der Waals surface area contributed by atoms with Gasteiger partial charge in [0.2, 0.25) is 5.95 Å². The van der Waals surface area contributed by atoms with Gasteiger partial charge in [-0.15, -0.1) is 0 Å². The largest absolute Gasteiger partial charge is 0.493 e. The summed E-state index contributed by atoms with van der Waals surface area (Å²) >= 11 is 0. The minimum atomic E-state index is -0.375. The lowest BCUT2D eigenvalue weighted by Gasteiger charge is -2.11. The Hall–Kier alpha value is -3.81. The molecule has 29 heavy (non-hydrogen) atoms. The molecule has 0 saturated carbocycles. The van der Waals surface area contributed by atoms with Gasteiger partial charge in [0.15, 0.2) is 11.5 Å². The van der Waals surface area contributed by atoms with Gasteiger partial charge in [-0.25, -0.2) is 9.78 Å². The Morgan fingerprint density at radius 3 is 2.41 bits per heavy atom. The Bertz CT molecular complexity index is 977. The Kier molecular flexibility index (Phi) is 6.47. The predicted molar refractivity (Wildman–Crippen MR) is 110 cm³/mol. The molecule has 0 spiro atoms. The summed E-state index contributed by atoms with van der Waals surface area (Å²) in [5.74, 6) is 2.08. The fourth-order valence-electron chi connectivity index (χ4n) is 2.64. The van der Waals surface area contributed by atoms with E-state index in [-0.39, 0.29) is 5.97 Å². The summed E-state index contributed by atoms with van der Waals surface area (Å²) in [6, 6.07) is 14.4. The van der Waals surface area contributed by atoms with Crippen molar-refractivity contribution in [2.24, 2.45) is 0 Å². The van der Waals surface area contributed by atoms with Crippen LogP contribution in [0.2, 0.25) is 0 Å². The van der Waals surface area contributed by atoms with Gasteiger partial charge in [0.25, 0.3) is 0 Å². The zero-order valence-electron chi connectivity index (χ0n) is 16.4. The van der Waals surface area contributed by atoms with Gasteiger partial charge in [-0.3, -0.25) is 0 Å². The summed E-state index contributed by atoms with van der Waals surface area (Å²) in [6.45, 7) is 0.525. The summed E-state index contributed by atoms with van der Waals surface area (Å²) in [6.07, 6.45) is 1.66. The third-order valence-corrected chi connectivity index (χ3v) is 4.13. The molecule has 0 aliphatic rings. The van der Waals surface area contributed by atoms with E-state index >= 15 is 0 Å². The van der Waals surface area contributed by atoms with Crippen molar-refractivity contribution in [3.63, 3.8) is 0 Å². The second-order valence-corrected chi connectivity index (χ2v) is 6.00. The molecule has 2 aromatic carbocycles. The zero-order chi connectivity index (χ0) is 20.6. The van der Waals surface area contributed by atoms with Gasteiger partial charge in [-0.1, -0.05) is 6.07 Å². The number of hydrogen-bond acceptors (Lipinski definition) is 8. The van der Waals surface area contributed by atoms with Crippen molar-refractivity contribution >= 4 is 23.4 Å². The lowest BCUT2D eigenvalue weighted by atomic mass is 10.2. The number of nitrogens with zero attached hydrogens (tertiary/aromatic N) is 2. The van der Waals surface area contributed by atoms with Crippen LogP contribution in [0.3, 0.4) is 0 Å². The van der Waals surface area contributed by atoms with Crippen molar-refractivity contribution < 1.29 is 19.0 Å². The highest BCUT2D eigenvalue weighted by Crippen LogP contribution is 2.27. The topological polar surface area (TPSA) is 94.6 Å². The van der Waals surface area contributed by atoms with E-state index in [1.54, 1.807) is 50.7 Å². The van der Waals surface area contributed by atoms with E-state index in [1.807, 2.05) is 18.2 Å². The quantitative estimate of drug-likeness (QED) is 0.559. The van der Waals surface area contributed by atoms with Crippen LogP contribution in [0.5, 0.6) is 11.5 Å². The van der Waals surface area contributed by atoms with Crippen LogP contribution in [0, 0.1) is 0 Å². The Balaban J connectivity index is 1.64. The standard InChI is InChI=1S/C21H22N4O4/c1-27-17-9-4-14(12-18(17)28-2)13-23-21-22-11-10-19(25-21)24-16-7-5-15(6-8-16)20(26)29-3/h4-12H,13H2,1-3H3,(H2,22,23,24,25). The summed E-state index contributed by atoms with van der Waals surface area (Å²) in [4.78, 5) is 20.2. The number of anilines is 3. The molecule has 0 aliphatic heterocycles. The minimum Gasteiger partial charge on any atom is -0.493 e. The molecular formula is C21H22N4O4. The van der Waals surface area contributed by atoms with Crippen LogP contribution < -0.4 is 20.1 Å². The van der Waals surface area contributed by atoms with E-state index in [9.17, 15) is 4.79 Å². The van der Waals surface area contributed by atoms with Crippen LogP contribution in [0.25, 0.3) is 0 Å². The maximum Gasteiger partial charge on any atom is 0.337 e. The summed E-state index contributed by atoms with van der Waals surface area (Å²) in [5.41, 5.74) is 2.28. The van der Waals surface area contributed by atoms with Crippen molar-refractivity contribution in [3.05, 3.63) is 65.9 Å². The summed E-state index contributed by atoms with van der Waals surface area (Å²) in [7, 11) is 4.56. The number of ether oxygens (including phenoxy) is 3. The molecular weight excluding hydrogens is 372 g/mol. The lowest BCUT2D eigenvalue weighted by molar-refractivity contribution is 0.0601. The molecule has 1 heterocycles. The number of aromatic nitrogens is 2. The third-order valence-electron chi connectivity index (χ3n) is 4.13. The molecule has 8 nitrogen and oxygen atoms in total. The first kappa shape index (κ1) is 19.9. The summed E-state index contributed by atoms with van der Waals surface area (Å²) < 4.78 is 15.3. The van der Waals surface area contributed by atoms with Crippen LogP contribution in [-0.4, -0.2) is 37.3 Å². The third kappa shape index (κ3) is 5.13. The molecule has 8 heteroatoms. The molecule has 0 amide bonds. The molecule has 0 atom stereocenters. The van der Waals surface area contributed by atoms with Crippen LogP contribution in [0.1, 0.15) is 15.9 Å². The van der Waals surface area contributed by atoms with Gasteiger partial charge in [-0.2, -0.15) is 4.98 Å². The van der Waals surface area contributed by atoms with Crippen LogP contribution >= 0.6 is 0 Å². The van der Waals surface area contributed by atoms with E-state index in [4.69, 9.17) is 14.2 Å². The molecule has 150 valence electrons. The number of carbonyl (C=O) groups excluding carboxylic acids is 1. The van der Waals surface area contributed by atoms with Crippen LogP contribution in [-0.2, 0) is 11.3 Å². The maximum atomic E-state index is 11.5. The average Bonchev–Trinajstić information content (AvgIpc) is 2.77. The monoisotopic (exact) mass is 394 g/mol. The van der Waals surface area contributed by atoms with E-state index in [0.717, 1.165) is 11.3 Å². The highest BCUT2D eigenvalue weighted by Gasteiger charge is 2.07. The fourth-order valence-corrected chi connectivity index (χ4v) is 2.64. The maximum absolute atomic E-state index is 11.5. The van der Waals surface area contributed by atoms with E-state index in [1.165, 1.54) is 7.11 Å². The molecule has 3 aromatic rings. The molecule has 0 saturated heterocycles. The Labute approximate surface area is 168 Å². The molecule has 0 unspecified atom stereocenters. The number of methoxy groups -OCH3 is 3. The first-order valence-corrected chi connectivity index (χ1v) is 8.86. The van der Waals surface area contributed by atoms with Gasteiger partial charge in [0.05, 0.1) is 26.9 Å². The predicted octanol–water partition coefficient (Wildman–Crippen LogP) is 3.64. The van der Waals surface area contributed by atoms with Gasteiger partial charge >= 0.3 is 5.97 Å². The van der Waals surface area contributed by atoms with Gasteiger partial charge in [0.1, 0.15) is 5.82 Å². The number of benzene rings is 2. The second kappa shape index (κ2) is 9.41. The first-order valence-electron chi connectivity index (χ1n) is 8.86. The number of esters is 1. The van der Waals surface area contributed by atoms with Crippen LogP contribution in [0.15, 0.2) is 54.7 Å². The summed E-state index contributed by atoms with van der Waals surface area (Å²) in [5, 5.41) is 6.37. The van der Waals surface area contributed by atoms with E-state index < -0.39 is 0 Å². The molecule has 0 radical (unpaired) electrons. The fraction of sp³-hybridized carbons (Fsp3) is 0.190. The zero-order valence-corrected chi connectivity index (χ0v) is 16.4. The SMILES string of the molecule is COC(=O)c1ccc(Nc2ccnc(NCc3ccc(OC)c(OC)c3)n2)cc1. The number of rotatable bonds is 8. The van der Waals surface area contributed by atoms with Crippen molar-refractivity contribution in [3.8, 4) is 11.5 Å². The van der Waals surface area contributed by atoms with Crippen molar-refractivity contribution in [2.45, 2.75) is 6.54 Å². The molecule has 2 N–H and O–H groups in total. The Morgan fingerprint density at radius 1 is 0.966 bits per heavy atom. The molecule has 3 rings (SSSR count). The van der Waals surface area contributed by atoms with Gasteiger partial charge in [0, 0.05) is 18.4 Å². The highest BCUT2D eigenvalue weighted by molar-refractivity contribution is 5.89. The molecule has 0 fully saturated rings. The average molecular weight is 394 g/mol. The lowest BCUT2D eigenvalue weighted by Crippen LogP contribution is -2.05. The number of carbonyl (C=O) groups is 1. The van der Waals surface area contributed by atoms with Crippen molar-refractivity contribution in [1.29, 1.82) is 0 Å². The number of hydrogen-bond donors (Lipinski definition) is 2. The molecule has 0 aliphatic carbocycles. The molecule has 0 bridgehead atoms. The van der Waals surface area contributed by atoms with E-state index in [2.05, 4.69) is 20.6 Å². The minimum absolute atomic E-state index is 0.375. The van der Waals surface area contributed by atoms with Crippen molar-refractivity contribution in [2.75, 3.05) is 32.0 Å². The van der Waals surface area contributed by atoms with E-state index in [0.29, 0.717) is 35.4 Å². The second-order valence-electron chi connectivity index (χ2n) is 6.00. The highest BCUT2D eigenvalue weighted by atomic mass is 16.5. The van der Waals surface area contributed by atoms with Crippen LogP contribution in [0.4, 0.5) is 17.5 Å². The normalized spacial score (nSPS) is 10.2. The molecule has 1 aromatic heterocycles. The van der Waals surface area contributed by atoms with Gasteiger partial charge < -0.3 is 24.8 Å². The number of nitrogens with one attached hydrogen (secondary N) is 2. The van der Waals surface area contributed by atoms with Crippen molar-refractivity contribution in [1.82, 2.24) is 9.97 Å². The smallest absolute Gasteiger partial charge is 0.337 e. The Morgan fingerprint density at radius 2 is 1.72 bits per heavy atom. The first-order chi connectivity index (χ1) is 14.1. The van der Waals surface area contributed by atoms with Gasteiger partial charge in [-0.05, 0) is 48.0 Å².